The summed E-state index contributed by atoms with van der Waals surface area (Å²) in [6.07, 6.45) is 0. The zero-order valence-electron chi connectivity index (χ0n) is 10.5. The van der Waals surface area contributed by atoms with Crippen molar-refractivity contribution in [3.8, 4) is 0 Å². The van der Waals surface area contributed by atoms with Crippen LogP contribution >= 0.6 is 15.9 Å². The third-order valence-corrected chi connectivity index (χ3v) is 3.55. The molecule has 0 bridgehead atoms. The molecule has 1 heterocycles. The van der Waals surface area contributed by atoms with Gasteiger partial charge >= 0.3 is 0 Å². The number of nitrogens with zero attached hydrogens (tertiary/aromatic N) is 1. The molecule has 98 valence electrons. The maximum absolute atomic E-state index is 13.2. The topological polar surface area (TPSA) is 42.0 Å². The molecule has 5 heteroatoms. The number of amides is 1. The van der Waals surface area contributed by atoms with Crippen LogP contribution in [0, 0.1) is 19.7 Å². The van der Waals surface area contributed by atoms with Crippen LogP contribution < -0.4 is 5.32 Å². The lowest BCUT2D eigenvalue weighted by Crippen LogP contribution is -2.14. The number of hydrogen-bond donors (Lipinski definition) is 1. The van der Waals surface area contributed by atoms with E-state index in [1.54, 1.807) is 25.1 Å². The number of carbonyl (C=O) groups is 1. The standard InChI is InChI=1S/C14H12BrFN2O/c1-8-3-4-10(16)7-11(8)14(19)18-13-6-5-12(15)9(2)17-13/h3-7H,1-2H3,(H,17,18,19). The molecule has 2 rings (SSSR count). The Morgan fingerprint density at radius 2 is 2.00 bits per heavy atom. The van der Waals surface area contributed by atoms with Crippen molar-refractivity contribution in [3.05, 3.63) is 57.4 Å². The Balaban J connectivity index is 2.25. The molecule has 0 saturated carbocycles. The zero-order chi connectivity index (χ0) is 14.0. The molecular weight excluding hydrogens is 311 g/mol. The Morgan fingerprint density at radius 1 is 1.26 bits per heavy atom. The van der Waals surface area contributed by atoms with E-state index in [4.69, 9.17) is 0 Å². The zero-order valence-corrected chi connectivity index (χ0v) is 12.1. The van der Waals surface area contributed by atoms with Gasteiger partial charge in [0.15, 0.2) is 0 Å². The van der Waals surface area contributed by atoms with E-state index in [1.807, 2.05) is 6.92 Å². The van der Waals surface area contributed by atoms with Crippen molar-refractivity contribution in [2.24, 2.45) is 0 Å². The molecule has 0 radical (unpaired) electrons. The highest BCUT2D eigenvalue weighted by atomic mass is 79.9. The Kier molecular flexibility index (Phi) is 3.95. The fraction of sp³-hybridized carbons (Fsp3) is 0.143. The number of carbonyl (C=O) groups excluding carboxylic acids is 1. The van der Waals surface area contributed by atoms with Gasteiger partial charge in [-0.2, -0.15) is 0 Å². The molecule has 19 heavy (non-hydrogen) atoms. The van der Waals surface area contributed by atoms with Crippen molar-refractivity contribution in [1.29, 1.82) is 0 Å². The number of anilines is 1. The number of aromatic nitrogens is 1. The van der Waals surface area contributed by atoms with Crippen LogP contribution in [0.1, 0.15) is 21.6 Å². The summed E-state index contributed by atoms with van der Waals surface area (Å²) >= 11 is 3.34. The molecule has 1 N–H and O–H groups in total. The Hall–Kier alpha value is -1.75. The van der Waals surface area contributed by atoms with Gasteiger partial charge in [0.25, 0.3) is 5.91 Å². The monoisotopic (exact) mass is 322 g/mol. The van der Waals surface area contributed by atoms with Crippen LogP contribution in [-0.2, 0) is 0 Å². The summed E-state index contributed by atoms with van der Waals surface area (Å²) in [4.78, 5) is 16.3. The van der Waals surface area contributed by atoms with E-state index >= 15 is 0 Å². The van der Waals surface area contributed by atoms with Crippen molar-refractivity contribution >= 4 is 27.7 Å². The first-order chi connectivity index (χ1) is 8.97. The smallest absolute Gasteiger partial charge is 0.257 e. The van der Waals surface area contributed by atoms with E-state index in [1.165, 1.54) is 12.1 Å². The fourth-order valence-corrected chi connectivity index (χ4v) is 1.86. The molecule has 0 saturated heterocycles. The maximum atomic E-state index is 13.2. The van der Waals surface area contributed by atoms with Gasteiger partial charge in [-0.05, 0) is 59.6 Å². The molecule has 2 aromatic rings. The van der Waals surface area contributed by atoms with E-state index in [2.05, 4.69) is 26.2 Å². The minimum absolute atomic E-state index is 0.308. The first kappa shape index (κ1) is 13.7. The largest absolute Gasteiger partial charge is 0.307 e. The van der Waals surface area contributed by atoms with Gasteiger partial charge in [-0.25, -0.2) is 9.37 Å². The normalized spacial score (nSPS) is 10.3. The van der Waals surface area contributed by atoms with Crippen LogP contribution in [0.2, 0.25) is 0 Å². The van der Waals surface area contributed by atoms with Crippen LogP contribution in [0.25, 0.3) is 0 Å². The summed E-state index contributed by atoms with van der Waals surface area (Å²) in [5.74, 6) is -0.365. The van der Waals surface area contributed by atoms with Crippen LogP contribution in [0.15, 0.2) is 34.8 Å². The Labute approximate surface area is 119 Å². The summed E-state index contributed by atoms with van der Waals surface area (Å²) in [6, 6.07) is 7.61. The molecule has 3 nitrogen and oxygen atoms in total. The van der Waals surface area contributed by atoms with E-state index < -0.39 is 5.82 Å². The molecule has 1 amide bonds. The first-order valence-electron chi connectivity index (χ1n) is 5.68. The van der Waals surface area contributed by atoms with Gasteiger partial charge in [0.05, 0.1) is 5.69 Å². The summed E-state index contributed by atoms with van der Waals surface area (Å²) in [7, 11) is 0. The van der Waals surface area contributed by atoms with Crippen LogP contribution in [0.4, 0.5) is 10.2 Å². The van der Waals surface area contributed by atoms with E-state index in [-0.39, 0.29) is 5.91 Å². The SMILES string of the molecule is Cc1ccc(F)cc1C(=O)Nc1ccc(Br)c(C)n1. The average Bonchev–Trinajstić information content (AvgIpc) is 2.36. The highest BCUT2D eigenvalue weighted by molar-refractivity contribution is 9.10. The van der Waals surface area contributed by atoms with Crippen molar-refractivity contribution in [2.75, 3.05) is 5.32 Å². The third-order valence-electron chi connectivity index (χ3n) is 2.71. The summed E-state index contributed by atoms with van der Waals surface area (Å²) < 4.78 is 14.0. The Morgan fingerprint density at radius 3 is 2.68 bits per heavy atom. The number of hydrogen-bond acceptors (Lipinski definition) is 2. The third kappa shape index (κ3) is 3.17. The van der Waals surface area contributed by atoms with Gasteiger partial charge in [0.1, 0.15) is 11.6 Å². The first-order valence-corrected chi connectivity index (χ1v) is 6.47. The lowest BCUT2D eigenvalue weighted by Gasteiger charge is -2.08. The van der Waals surface area contributed by atoms with Crippen LogP contribution in [0.3, 0.4) is 0 Å². The number of pyridine rings is 1. The molecule has 0 atom stereocenters. The van der Waals surface area contributed by atoms with Gasteiger partial charge in [0.2, 0.25) is 0 Å². The van der Waals surface area contributed by atoms with Crippen molar-refractivity contribution in [2.45, 2.75) is 13.8 Å². The van der Waals surface area contributed by atoms with Gasteiger partial charge < -0.3 is 5.32 Å². The van der Waals surface area contributed by atoms with Crippen LogP contribution in [-0.4, -0.2) is 10.9 Å². The van der Waals surface area contributed by atoms with Gasteiger partial charge in [-0.1, -0.05) is 6.07 Å². The molecule has 1 aromatic carbocycles. The lowest BCUT2D eigenvalue weighted by atomic mass is 10.1. The molecule has 1 aromatic heterocycles. The summed E-state index contributed by atoms with van der Waals surface area (Å²) in [6.45, 7) is 3.59. The molecule has 0 unspecified atom stereocenters. The Bertz CT molecular complexity index is 643. The van der Waals surface area contributed by atoms with E-state index in [0.29, 0.717) is 16.9 Å². The molecule has 0 aliphatic heterocycles. The quantitative estimate of drug-likeness (QED) is 0.912. The van der Waals surface area contributed by atoms with Crippen molar-refractivity contribution in [3.63, 3.8) is 0 Å². The van der Waals surface area contributed by atoms with Gasteiger partial charge in [-0.15, -0.1) is 0 Å². The second kappa shape index (κ2) is 5.48. The lowest BCUT2D eigenvalue weighted by molar-refractivity contribution is 0.102. The number of halogens is 2. The highest BCUT2D eigenvalue weighted by Crippen LogP contribution is 2.17. The predicted octanol–water partition coefficient (Wildman–Crippen LogP) is 3.85. The van der Waals surface area contributed by atoms with E-state index in [0.717, 1.165) is 10.2 Å². The summed E-state index contributed by atoms with van der Waals surface area (Å²) in [5, 5.41) is 2.66. The molecular formula is C14H12BrFN2O. The van der Waals surface area contributed by atoms with Crippen molar-refractivity contribution in [1.82, 2.24) is 4.98 Å². The number of rotatable bonds is 2. The summed E-state index contributed by atoms with van der Waals surface area (Å²) in [5.41, 5.74) is 1.80. The van der Waals surface area contributed by atoms with Gasteiger partial charge in [-0.3, -0.25) is 4.79 Å². The van der Waals surface area contributed by atoms with Gasteiger partial charge in [0, 0.05) is 10.0 Å². The van der Waals surface area contributed by atoms with Crippen molar-refractivity contribution < 1.29 is 9.18 Å². The maximum Gasteiger partial charge on any atom is 0.257 e. The number of aryl methyl sites for hydroxylation is 2. The average molecular weight is 323 g/mol. The van der Waals surface area contributed by atoms with E-state index in [9.17, 15) is 9.18 Å². The molecule has 0 aliphatic carbocycles. The minimum Gasteiger partial charge on any atom is -0.307 e. The molecule has 0 fully saturated rings. The minimum atomic E-state index is -0.435. The fourth-order valence-electron chi connectivity index (χ4n) is 1.64. The number of benzene rings is 1. The predicted molar refractivity (Wildman–Crippen MR) is 75.8 cm³/mol. The molecule has 0 spiro atoms. The highest BCUT2D eigenvalue weighted by Gasteiger charge is 2.11. The second-order valence-electron chi connectivity index (χ2n) is 4.18. The second-order valence-corrected chi connectivity index (χ2v) is 5.03. The van der Waals surface area contributed by atoms with Crippen LogP contribution in [0.5, 0.6) is 0 Å². The number of nitrogens with one attached hydrogen (secondary N) is 1. The molecule has 0 aliphatic rings.